The Bertz CT molecular complexity index is 1040. The summed E-state index contributed by atoms with van der Waals surface area (Å²) < 4.78 is 21.3. The molecule has 4 N–H and O–H groups in total. The maximum atomic E-state index is 14.5. The molecular weight excluding hydrogens is 363 g/mol. The molecule has 0 unspecified atom stereocenters. The van der Waals surface area contributed by atoms with Crippen molar-refractivity contribution in [3.8, 4) is 22.7 Å². The molecule has 0 saturated carbocycles. The molecule has 26 heavy (non-hydrogen) atoms. The first-order valence-electron chi connectivity index (χ1n) is 7.58. The predicted molar refractivity (Wildman–Crippen MR) is 94.6 cm³/mol. The molecule has 0 radical (unpaired) electrons. The highest BCUT2D eigenvalue weighted by Gasteiger charge is 2.27. The van der Waals surface area contributed by atoms with Gasteiger partial charge < -0.3 is 20.5 Å². The molecule has 0 fully saturated rings. The van der Waals surface area contributed by atoms with Gasteiger partial charge in [-0.2, -0.15) is 5.10 Å². The Labute approximate surface area is 153 Å². The molecule has 2 heterocycles. The third-order valence-electron chi connectivity index (χ3n) is 4.09. The maximum Gasteiger partial charge on any atom is 0.197 e. The van der Waals surface area contributed by atoms with Gasteiger partial charge in [-0.3, -0.25) is 0 Å². The second-order valence-corrected chi connectivity index (χ2v) is 6.12. The van der Waals surface area contributed by atoms with E-state index in [9.17, 15) is 9.50 Å². The van der Waals surface area contributed by atoms with Gasteiger partial charge in [0.05, 0.1) is 17.0 Å². The minimum atomic E-state index is -0.690. The number of halogens is 2. The van der Waals surface area contributed by atoms with E-state index in [1.54, 1.807) is 20.8 Å². The van der Waals surface area contributed by atoms with Crippen molar-refractivity contribution in [1.82, 2.24) is 9.78 Å². The van der Waals surface area contributed by atoms with Crippen molar-refractivity contribution in [2.45, 2.75) is 20.8 Å². The summed E-state index contributed by atoms with van der Waals surface area (Å²) in [7, 11) is 0. The topological polar surface area (TPSA) is 110 Å². The highest BCUT2D eigenvalue weighted by Crippen LogP contribution is 2.38. The summed E-state index contributed by atoms with van der Waals surface area (Å²) in [6.07, 6.45) is 0. The molecule has 0 aliphatic rings. The molecule has 3 rings (SSSR count). The van der Waals surface area contributed by atoms with Crippen molar-refractivity contribution in [2.75, 3.05) is 0 Å². The molecule has 0 saturated heterocycles. The van der Waals surface area contributed by atoms with Crippen molar-refractivity contribution in [2.24, 2.45) is 10.9 Å². The minimum absolute atomic E-state index is 0.0778. The summed E-state index contributed by atoms with van der Waals surface area (Å²) in [5.41, 5.74) is 8.20. The van der Waals surface area contributed by atoms with Crippen LogP contribution in [-0.2, 0) is 0 Å². The number of aromatic hydroxyl groups is 1. The molecule has 0 atom stereocenters. The van der Waals surface area contributed by atoms with Crippen molar-refractivity contribution >= 4 is 17.4 Å². The Hall–Kier alpha value is -3.00. The zero-order valence-electron chi connectivity index (χ0n) is 14.2. The van der Waals surface area contributed by atoms with Crippen molar-refractivity contribution in [3.05, 3.63) is 51.8 Å². The third-order valence-corrected chi connectivity index (χ3v) is 4.45. The molecule has 0 bridgehead atoms. The molecule has 136 valence electrons. The first-order valence-corrected chi connectivity index (χ1v) is 7.96. The van der Waals surface area contributed by atoms with Gasteiger partial charge in [-0.1, -0.05) is 5.16 Å². The molecule has 3 aromatic rings. The summed E-state index contributed by atoms with van der Waals surface area (Å²) in [6.45, 7) is 5.09. The number of phenols is 1. The van der Waals surface area contributed by atoms with E-state index >= 15 is 0 Å². The van der Waals surface area contributed by atoms with Crippen molar-refractivity contribution < 1.29 is 19.1 Å². The maximum absolute atomic E-state index is 14.5. The number of nitrogens with two attached hydrogens (primary N) is 1. The van der Waals surface area contributed by atoms with Crippen LogP contribution in [0.4, 0.5) is 4.39 Å². The first-order chi connectivity index (χ1) is 12.3. The van der Waals surface area contributed by atoms with Crippen LogP contribution in [0, 0.1) is 26.6 Å². The molecule has 0 spiro atoms. The number of phenolic OH excluding ortho intramolecular Hbond substituents is 1. The quantitative estimate of drug-likeness (QED) is 0.279. The normalized spacial score (nSPS) is 12.0. The fraction of sp³-hybridized carbons (Fsp3) is 0.176. The summed E-state index contributed by atoms with van der Waals surface area (Å²) in [6, 6.07) is 3.69. The SMILES string of the molecule is Cc1nn(-c2ccc(O)cc2F)c(-c2c(C)oc(Cl)c2C)c1/C(N)=N/O. The number of oxime groups is 1. The summed E-state index contributed by atoms with van der Waals surface area (Å²) in [5, 5.41) is 26.2. The van der Waals surface area contributed by atoms with Gasteiger partial charge in [0.15, 0.2) is 16.9 Å². The zero-order valence-corrected chi connectivity index (χ0v) is 15.0. The predicted octanol–water partition coefficient (Wildman–Crippen LogP) is 3.65. The monoisotopic (exact) mass is 378 g/mol. The molecule has 1 aromatic carbocycles. The second-order valence-electron chi connectivity index (χ2n) is 5.77. The molecule has 2 aromatic heterocycles. The fourth-order valence-electron chi connectivity index (χ4n) is 2.93. The van der Waals surface area contributed by atoms with Gasteiger partial charge in [0.1, 0.15) is 17.2 Å². The van der Waals surface area contributed by atoms with Gasteiger partial charge in [0.25, 0.3) is 0 Å². The van der Waals surface area contributed by atoms with E-state index in [0.29, 0.717) is 33.8 Å². The molecule has 0 amide bonds. The van der Waals surface area contributed by atoms with Gasteiger partial charge in [-0.15, -0.1) is 0 Å². The number of nitrogens with zero attached hydrogens (tertiary/aromatic N) is 3. The van der Waals surface area contributed by atoms with Gasteiger partial charge in [0.2, 0.25) is 0 Å². The highest BCUT2D eigenvalue weighted by atomic mass is 35.5. The van der Waals surface area contributed by atoms with Crippen LogP contribution in [0.15, 0.2) is 27.8 Å². The lowest BCUT2D eigenvalue weighted by Crippen LogP contribution is -2.15. The number of aryl methyl sites for hydroxylation is 2. The van der Waals surface area contributed by atoms with E-state index in [-0.39, 0.29) is 22.5 Å². The number of hydrogen-bond donors (Lipinski definition) is 3. The standard InChI is InChI=1S/C17H16ClFN4O3/c1-7-13(9(3)26-16(7)18)15-14(17(20)22-25)8(2)21-23(15)12-5-4-10(24)6-11(12)19/h4-6,24-25H,1-3H3,(H2,20,22). The molecular formula is C17H16ClFN4O3. The number of furan rings is 1. The lowest BCUT2D eigenvalue weighted by Gasteiger charge is -2.11. The van der Waals surface area contributed by atoms with E-state index in [2.05, 4.69) is 10.3 Å². The van der Waals surface area contributed by atoms with Crippen LogP contribution in [-0.4, -0.2) is 25.9 Å². The van der Waals surface area contributed by atoms with Gasteiger partial charge in [-0.05, 0) is 44.5 Å². The van der Waals surface area contributed by atoms with Crippen molar-refractivity contribution in [1.29, 1.82) is 0 Å². The molecule has 0 aliphatic heterocycles. The van der Waals surface area contributed by atoms with Crippen LogP contribution < -0.4 is 5.73 Å². The first kappa shape index (κ1) is 17.8. The van der Waals surface area contributed by atoms with Crippen LogP contribution >= 0.6 is 11.6 Å². The van der Waals surface area contributed by atoms with Crippen LogP contribution in [0.2, 0.25) is 5.22 Å². The molecule has 7 nitrogen and oxygen atoms in total. The number of rotatable bonds is 3. The smallest absolute Gasteiger partial charge is 0.197 e. The number of amidine groups is 1. The number of benzene rings is 1. The van der Waals surface area contributed by atoms with E-state index < -0.39 is 5.82 Å². The third kappa shape index (κ3) is 2.68. The highest BCUT2D eigenvalue weighted by molar-refractivity contribution is 6.30. The Morgan fingerprint density at radius 1 is 1.35 bits per heavy atom. The Kier molecular flexibility index (Phi) is 4.37. The van der Waals surface area contributed by atoms with E-state index in [4.69, 9.17) is 27.0 Å². The van der Waals surface area contributed by atoms with E-state index in [1.165, 1.54) is 16.8 Å². The summed E-state index contributed by atoms with van der Waals surface area (Å²) in [4.78, 5) is 0. The largest absolute Gasteiger partial charge is 0.508 e. The average Bonchev–Trinajstić information content (AvgIpc) is 3.03. The Morgan fingerprint density at radius 2 is 2.04 bits per heavy atom. The van der Waals surface area contributed by atoms with Crippen LogP contribution in [0.1, 0.15) is 22.6 Å². The van der Waals surface area contributed by atoms with E-state index in [0.717, 1.165) is 6.07 Å². The van der Waals surface area contributed by atoms with Crippen LogP contribution in [0.25, 0.3) is 16.9 Å². The van der Waals surface area contributed by atoms with E-state index in [1.807, 2.05) is 0 Å². The second kappa shape index (κ2) is 6.38. The summed E-state index contributed by atoms with van der Waals surface area (Å²) in [5.74, 6) is -0.615. The van der Waals surface area contributed by atoms with Crippen LogP contribution in [0.5, 0.6) is 5.75 Å². The lowest BCUT2D eigenvalue weighted by molar-refractivity contribution is 0.318. The van der Waals surface area contributed by atoms with Gasteiger partial charge in [0, 0.05) is 17.2 Å². The average molecular weight is 379 g/mol. The Morgan fingerprint density at radius 3 is 2.58 bits per heavy atom. The minimum Gasteiger partial charge on any atom is -0.508 e. The number of hydrogen-bond acceptors (Lipinski definition) is 5. The Balaban J connectivity index is 2.44. The number of aromatic nitrogens is 2. The molecule has 9 heteroatoms. The molecule has 0 aliphatic carbocycles. The fourth-order valence-corrected chi connectivity index (χ4v) is 3.14. The van der Waals surface area contributed by atoms with Crippen molar-refractivity contribution in [3.63, 3.8) is 0 Å². The zero-order chi connectivity index (χ0) is 19.2. The summed E-state index contributed by atoms with van der Waals surface area (Å²) >= 11 is 6.09. The lowest BCUT2D eigenvalue weighted by atomic mass is 10.0. The van der Waals surface area contributed by atoms with Crippen LogP contribution in [0.3, 0.4) is 0 Å². The van der Waals surface area contributed by atoms with Gasteiger partial charge in [-0.25, -0.2) is 9.07 Å². The van der Waals surface area contributed by atoms with Gasteiger partial charge >= 0.3 is 0 Å².